The average molecular weight is 456 g/mol. The summed E-state index contributed by atoms with van der Waals surface area (Å²) in [4.78, 5) is 15.1. The van der Waals surface area contributed by atoms with Gasteiger partial charge in [-0.25, -0.2) is 8.42 Å². The van der Waals surface area contributed by atoms with E-state index in [1.807, 2.05) is 24.3 Å². The number of sulfonamides is 1. The molecule has 0 spiro atoms. The van der Waals surface area contributed by atoms with Gasteiger partial charge in [-0.15, -0.1) is 0 Å². The van der Waals surface area contributed by atoms with Crippen LogP contribution in [-0.4, -0.2) is 39.7 Å². The first-order valence-corrected chi connectivity index (χ1v) is 11.9. The third kappa shape index (κ3) is 5.35. The summed E-state index contributed by atoms with van der Waals surface area (Å²) in [5, 5.41) is 3.35. The summed E-state index contributed by atoms with van der Waals surface area (Å²) in [6.07, 6.45) is 3.41. The molecule has 1 amide bonds. The fourth-order valence-electron chi connectivity index (χ4n) is 3.45. The lowest BCUT2D eigenvalue weighted by Crippen LogP contribution is -2.45. The molecule has 2 aromatic carbocycles. The molecule has 3 rings (SSSR count). The molecular formula is C20H23Cl2N3O3S. The third-order valence-electron chi connectivity index (χ3n) is 4.80. The number of hydrogen-bond acceptors (Lipinski definition) is 4. The van der Waals surface area contributed by atoms with Crippen molar-refractivity contribution < 1.29 is 13.2 Å². The Kier molecular flexibility index (Phi) is 6.61. The van der Waals surface area contributed by atoms with Crippen LogP contribution in [0.2, 0.25) is 10.0 Å². The van der Waals surface area contributed by atoms with E-state index in [1.54, 1.807) is 0 Å². The van der Waals surface area contributed by atoms with Gasteiger partial charge < -0.3 is 10.2 Å². The fourth-order valence-corrected chi connectivity index (χ4v) is 5.13. The minimum absolute atomic E-state index is 0.233. The molecule has 0 unspecified atom stereocenters. The molecule has 29 heavy (non-hydrogen) atoms. The van der Waals surface area contributed by atoms with Crippen molar-refractivity contribution in [3.8, 4) is 0 Å². The van der Waals surface area contributed by atoms with Gasteiger partial charge in [0.1, 0.15) is 6.04 Å². The Bertz CT molecular complexity index is 970. The van der Waals surface area contributed by atoms with Crippen LogP contribution in [0.15, 0.2) is 42.5 Å². The van der Waals surface area contributed by atoms with Crippen LogP contribution in [-0.2, 0) is 14.8 Å². The first-order chi connectivity index (χ1) is 13.6. The lowest BCUT2D eigenvalue weighted by atomic mass is 10.2. The number of halogens is 2. The Labute approximate surface area is 181 Å². The Morgan fingerprint density at radius 3 is 2.14 bits per heavy atom. The topological polar surface area (TPSA) is 69.7 Å². The Morgan fingerprint density at radius 2 is 1.62 bits per heavy atom. The molecule has 1 aliphatic heterocycles. The predicted octanol–water partition coefficient (Wildman–Crippen LogP) is 4.39. The first kappa shape index (κ1) is 21.7. The maximum Gasteiger partial charge on any atom is 0.247 e. The normalized spacial score (nSPS) is 15.2. The second-order valence-electron chi connectivity index (χ2n) is 7.09. The van der Waals surface area contributed by atoms with E-state index in [-0.39, 0.29) is 15.7 Å². The minimum Gasteiger partial charge on any atom is -0.372 e. The quantitative estimate of drug-likeness (QED) is 0.700. The van der Waals surface area contributed by atoms with Gasteiger partial charge in [0.05, 0.1) is 11.9 Å². The lowest BCUT2D eigenvalue weighted by molar-refractivity contribution is -0.116. The van der Waals surface area contributed by atoms with Crippen LogP contribution in [0.1, 0.15) is 19.8 Å². The van der Waals surface area contributed by atoms with Crippen molar-refractivity contribution in [3.05, 3.63) is 52.5 Å². The standard InChI is InChI=1S/C20H23Cl2N3O3S/c1-14(25(29(2,27)28)19-12-15(21)11-16(22)13-19)20(26)23-17-5-7-18(8-6-17)24-9-3-4-10-24/h5-8,11-14H,3-4,9-10H2,1-2H3,(H,23,26)/t14-/m1/s1. The van der Waals surface area contributed by atoms with Crippen LogP contribution < -0.4 is 14.5 Å². The zero-order valence-electron chi connectivity index (χ0n) is 16.2. The van der Waals surface area contributed by atoms with Gasteiger partial charge in [-0.2, -0.15) is 0 Å². The van der Waals surface area contributed by atoms with Crippen LogP contribution in [0, 0.1) is 0 Å². The second-order valence-corrected chi connectivity index (χ2v) is 9.83. The monoisotopic (exact) mass is 455 g/mol. The van der Waals surface area contributed by atoms with Crippen LogP contribution in [0.3, 0.4) is 0 Å². The highest BCUT2D eigenvalue weighted by molar-refractivity contribution is 7.92. The molecule has 0 aliphatic carbocycles. The predicted molar refractivity (Wildman–Crippen MR) is 120 cm³/mol. The van der Waals surface area contributed by atoms with Gasteiger partial charge in [-0.3, -0.25) is 9.10 Å². The van der Waals surface area contributed by atoms with E-state index >= 15 is 0 Å². The summed E-state index contributed by atoms with van der Waals surface area (Å²) in [5.74, 6) is -0.458. The van der Waals surface area contributed by atoms with Gasteiger partial charge in [-0.05, 0) is 62.2 Å². The zero-order chi connectivity index (χ0) is 21.2. The molecule has 1 saturated heterocycles. The smallest absolute Gasteiger partial charge is 0.247 e. The summed E-state index contributed by atoms with van der Waals surface area (Å²) >= 11 is 12.0. The van der Waals surface area contributed by atoms with E-state index in [0.717, 1.165) is 29.3 Å². The molecule has 1 atom stereocenters. The second kappa shape index (κ2) is 8.81. The van der Waals surface area contributed by atoms with E-state index < -0.39 is 22.0 Å². The molecular weight excluding hydrogens is 433 g/mol. The van der Waals surface area contributed by atoms with Crippen molar-refractivity contribution in [3.63, 3.8) is 0 Å². The number of amides is 1. The fraction of sp³-hybridized carbons (Fsp3) is 0.350. The van der Waals surface area contributed by atoms with Crippen molar-refractivity contribution in [2.45, 2.75) is 25.8 Å². The Hall–Kier alpha value is -1.96. The summed E-state index contributed by atoms with van der Waals surface area (Å²) < 4.78 is 25.8. The molecule has 6 nitrogen and oxygen atoms in total. The van der Waals surface area contributed by atoms with Gasteiger partial charge in [0, 0.05) is 34.5 Å². The molecule has 1 aliphatic rings. The summed E-state index contributed by atoms with van der Waals surface area (Å²) in [5.41, 5.74) is 1.94. The van der Waals surface area contributed by atoms with Gasteiger partial charge in [0.15, 0.2) is 0 Å². The summed E-state index contributed by atoms with van der Waals surface area (Å²) in [6, 6.07) is 11.0. The molecule has 1 heterocycles. The highest BCUT2D eigenvalue weighted by atomic mass is 35.5. The average Bonchev–Trinajstić information content (AvgIpc) is 3.15. The number of anilines is 3. The maximum atomic E-state index is 12.8. The molecule has 0 radical (unpaired) electrons. The zero-order valence-corrected chi connectivity index (χ0v) is 18.6. The molecule has 0 bridgehead atoms. The SMILES string of the molecule is C[C@H](C(=O)Nc1ccc(N2CCCC2)cc1)N(c1cc(Cl)cc(Cl)c1)S(C)(=O)=O. The van der Waals surface area contributed by atoms with Crippen LogP contribution >= 0.6 is 23.2 Å². The third-order valence-corrected chi connectivity index (χ3v) is 6.47. The van der Waals surface area contributed by atoms with Gasteiger partial charge in [0.2, 0.25) is 15.9 Å². The van der Waals surface area contributed by atoms with E-state index in [4.69, 9.17) is 23.2 Å². The maximum absolute atomic E-state index is 12.8. The van der Waals surface area contributed by atoms with Crippen LogP contribution in [0.25, 0.3) is 0 Å². The number of carbonyl (C=O) groups is 1. The molecule has 1 N–H and O–H groups in total. The molecule has 9 heteroatoms. The summed E-state index contributed by atoms with van der Waals surface area (Å²) in [6.45, 7) is 3.59. The van der Waals surface area contributed by atoms with Gasteiger partial charge in [-0.1, -0.05) is 23.2 Å². The highest BCUT2D eigenvalue weighted by Gasteiger charge is 2.29. The Balaban J connectivity index is 1.79. The van der Waals surface area contributed by atoms with Crippen molar-refractivity contribution in [1.82, 2.24) is 0 Å². The summed E-state index contributed by atoms with van der Waals surface area (Å²) in [7, 11) is -3.76. The van der Waals surface area contributed by atoms with E-state index in [9.17, 15) is 13.2 Å². The van der Waals surface area contributed by atoms with Gasteiger partial charge in [0.25, 0.3) is 0 Å². The number of nitrogens with zero attached hydrogens (tertiary/aromatic N) is 2. The van der Waals surface area contributed by atoms with E-state index in [0.29, 0.717) is 5.69 Å². The number of carbonyl (C=O) groups excluding carboxylic acids is 1. The molecule has 0 aromatic heterocycles. The first-order valence-electron chi connectivity index (χ1n) is 9.26. The van der Waals surface area contributed by atoms with E-state index in [2.05, 4.69) is 10.2 Å². The number of nitrogens with one attached hydrogen (secondary N) is 1. The molecule has 2 aromatic rings. The van der Waals surface area contributed by atoms with Crippen LogP contribution in [0.5, 0.6) is 0 Å². The lowest BCUT2D eigenvalue weighted by Gasteiger charge is -2.28. The Morgan fingerprint density at radius 1 is 1.07 bits per heavy atom. The number of rotatable bonds is 6. The van der Waals surface area contributed by atoms with Crippen molar-refractivity contribution in [1.29, 1.82) is 0 Å². The highest BCUT2D eigenvalue weighted by Crippen LogP contribution is 2.29. The molecule has 1 fully saturated rings. The van der Waals surface area contributed by atoms with Crippen LogP contribution in [0.4, 0.5) is 17.1 Å². The molecule has 0 saturated carbocycles. The number of hydrogen-bond donors (Lipinski definition) is 1. The minimum atomic E-state index is -3.76. The van der Waals surface area contributed by atoms with Crippen molar-refractivity contribution in [2.24, 2.45) is 0 Å². The molecule has 156 valence electrons. The van der Waals surface area contributed by atoms with Crippen molar-refractivity contribution >= 4 is 56.2 Å². The van der Waals surface area contributed by atoms with E-state index in [1.165, 1.54) is 38.0 Å². The van der Waals surface area contributed by atoms with Crippen molar-refractivity contribution in [2.75, 3.05) is 33.9 Å². The van der Waals surface area contributed by atoms with Gasteiger partial charge >= 0.3 is 0 Å². The number of benzene rings is 2. The largest absolute Gasteiger partial charge is 0.372 e.